The van der Waals surface area contributed by atoms with Gasteiger partial charge in [-0.1, -0.05) is 22.9 Å². The highest BCUT2D eigenvalue weighted by molar-refractivity contribution is 9.10. The van der Waals surface area contributed by atoms with E-state index in [0.717, 1.165) is 22.9 Å². The van der Waals surface area contributed by atoms with Crippen LogP contribution in [-0.4, -0.2) is 27.4 Å². The predicted octanol–water partition coefficient (Wildman–Crippen LogP) is 3.35. The molecular formula is C14H22BrNO2S. The van der Waals surface area contributed by atoms with E-state index in [1.165, 1.54) is 0 Å². The van der Waals surface area contributed by atoms with Gasteiger partial charge in [-0.3, -0.25) is 4.21 Å². The Bertz CT molecular complexity index is 439. The minimum Gasteiger partial charge on any atom is -0.508 e. The highest BCUT2D eigenvalue weighted by Crippen LogP contribution is 2.29. The van der Waals surface area contributed by atoms with Gasteiger partial charge in [0, 0.05) is 44.9 Å². The van der Waals surface area contributed by atoms with Crippen LogP contribution in [-0.2, 0) is 10.8 Å². The summed E-state index contributed by atoms with van der Waals surface area (Å²) in [6.45, 7) is 4.17. The fourth-order valence-electron chi connectivity index (χ4n) is 2.00. The molecule has 0 spiro atoms. The summed E-state index contributed by atoms with van der Waals surface area (Å²) in [4.78, 5) is 0. The van der Waals surface area contributed by atoms with Gasteiger partial charge in [-0.25, -0.2) is 0 Å². The van der Waals surface area contributed by atoms with Gasteiger partial charge in [-0.15, -0.1) is 0 Å². The Kier molecular flexibility index (Phi) is 7.04. The van der Waals surface area contributed by atoms with Crippen molar-refractivity contribution in [3.63, 3.8) is 0 Å². The summed E-state index contributed by atoms with van der Waals surface area (Å²) in [5, 5.41) is 13.4. The van der Waals surface area contributed by atoms with E-state index in [4.69, 9.17) is 0 Å². The molecule has 5 heteroatoms. The van der Waals surface area contributed by atoms with Crippen molar-refractivity contribution in [2.45, 2.75) is 38.8 Å². The molecule has 0 aliphatic carbocycles. The first-order valence-corrected chi connectivity index (χ1v) is 9.00. The second kappa shape index (κ2) is 8.02. The molecule has 0 heterocycles. The smallest absolute Gasteiger partial charge is 0.120 e. The average molecular weight is 348 g/mol. The zero-order valence-corrected chi connectivity index (χ0v) is 14.1. The molecule has 0 aliphatic rings. The Morgan fingerprint density at radius 3 is 2.74 bits per heavy atom. The van der Waals surface area contributed by atoms with Gasteiger partial charge in [0.05, 0.1) is 0 Å². The summed E-state index contributed by atoms with van der Waals surface area (Å²) >= 11 is 3.43. The molecule has 1 rings (SSSR count). The van der Waals surface area contributed by atoms with E-state index in [2.05, 4.69) is 35.1 Å². The fraction of sp³-hybridized carbons (Fsp3) is 0.571. The maximum atomic E-state index is 11.1. The lowest BCUT2D eigenvalue weighted by atomic mass is 10.0. The summed E-state index contributed by atoms with van der Waals surface area (Å²) in [5.74, 6) is 1.02. The molecule has 108 valence electrons. The van der Waals surface area contributed by atoms with Crippen LogP contribution in [0.5, 0.6) is 5.75 Å². The normalized spacial score (nSPS) is 16.0. The molecule has 0 radical (unpaired) electrons. The summed E-state index contributed by atoms with van der Waals surface area (Å²) in [5.41, 5.74) is 0.904. The van der Waals surface area contributed by atoms with Crippen LogP contribution in [0.15, 0.2) is 22.7 Å². The monoisotopic (exact) mass is 347 g/mol. The van der Waals surface area contributed by atoms with Crippen molar-refractivity contribution < 1.29 is 9.32 Å². The van der Waals surface area contributed by atoms with Gasteiger partial charge in [0.2, 0.25) is 0 Å². The van der Waals surface area contributed by atoms with Crippen LogP contribution in [0.25, 0.3) is 0 Å². The number of benzene rings is 1. The fourth-order valence-corrected chi connectivity index (χ4v) is 3.07. The molecule has 0 saturated carbocycles. The number of rotatable bonds is 7. The molecule has 2 N–H and O–H groups in total. The van der Waals surface area contributed by atoms with E-state index in [-0.39, 0.29) is 12.1 Å². The zero-order valence-electron chi connectivity index (χ0n) is 11.6. The van der Waals surface area contributed by atoms with Crippen molar-refractivity contribution in [1.82, 2.24) is 5.32 Å². The third-order valence-electron chi connectivity index (χ3n) is 3.10. The maximum absolute atomic E-state index is 11.1. The van der Waals surface area contributed by atoms with E-state index < -0.39 is 10.8 Å². The molecule has 3 unspecified atom stereocenters. The van der Waals surface area contributed by atoms with E-state index in [9.17, 15) is 9.32 Å². The van der Waals surface area contributed by atoms with Crippen molar-refractivity contribution in [1.29, 1.82) is 0 Å². The Morgan fingerprint density at radius 1 is 1.47 bits per heavy atom. The standard InChI is InChI=1S/C14H22BrNO2S/c1-4-13(16-10(2)7-8-19(3)18)12-9-11(15)5-6-14(12)17/h5-6,9-10,13,16-17H,4,7-8H2,1-3H3. The third-order valence-corrected chi connectivity index (χ3v) is 4.40. The Labute approximate surface area is 126 Å². The van der Waals surface area contributed by atoms with E-state index in [0.29, 0.717) is 11.5 Å². The van der Waals surface area contributed by atoms with Gasteiger partial charge in [0.25, 0.3) is 0 Å². The lowest BCUT2D eigenvalue weighted by Crippen LogP contribution is -2.31. The van der Waals surface area contributed by atoms with Crippen LogP contribution in [0.3, 0.4) is 0 Å². The molecule has 19 heavy (non-hydrogen) atoms. The number of aromatic hydroxyl groups is 1. The van der Waals surface area contributed by atoms with Gasteiger partial charge < -0.3 is 10.4 Å². The largest absolute Gasteiger partial charge is 0.508 e. The SMILES string of the molecule is CCC(NC(C)CCS(C)=O)c1cc(Br)ccc1O. The van der Waals surface area contributed by atoms with Crippen molar-refractivity contribution in [3.8, 4) is 5.75 Å². The highest BCUT2D eigenvalue weighted by atomic mass is 79.9. The Hall–Kier alpha value is -0.390. The third kappa shape index (κ3) is 5.63. The molecule has 0 amide bonds. The molecule has 1 aromatic carbocycles. The molecule has 0 saturated heterocycles. The summed E-state index contributed by atoms with van der Waals surface area (Å²) in [6, 6.07) is 5.86. The molecule has 0 fully saturated rings. The number of phenolic OH excluding ortho intramolecular Hbond substituents is 1. The Balaban J connectivity index is 2.72. The van der Waals surface area contributed by atoms with Gasteiger partial charge in [0.1, 0.15) is 5.75 Å². The van der Waals surface area contributed by atoms with E-state index >= 15 is 0 Å². The first kappa shape index (κ1) is 16.7. The van der Waals surface area contributed by atoms with Gasteiger partial charge in [-0.05, 0) is 38.0 Å². The number of hydrogen-bond donors (Lipinski definition) is 2. The summed E-state index contributed by atoms with van der Waals surface area (Å²) < 4.78 is 12.1. The van der Waals surface area contributed by atoms with E-state index in [1.807, 2.05) is 12.1 Å². The van der Waals surface area contributed by atoms with Crippen LogP contribution in [0, 0.1) is 0 Å². The second-order valence-corrected chi connectivity index (χ2v) is 7.27. The van der Waals surface area contributed by atoms with E-state index in [1.54, 1.807) is 12.3 Å². The predicted molar refractivity (Wildman–Crippen MR) is 85.0 cm³/mol. The quantitative estimate of drug-likeness (QED) is 0.795. The molecule has 1 aromatic rings. The maximum Gasteiger partial charge on any atom is 0.120 e. The average Bonchev–Trinajstić information content (AvgIpc) is 2.36. The number of nitrogens with one attached hydrogen (secondary N) is 1. The minimum atomic E-state index is -0.752. The topological polar surface area (TPSA) is 49.3 Å². The lowest BCUT2D eigenvalue weighted by molar-refractivity contribution is 0.410. The molecule has 0 aliphatic heterocycles. The van der Waals surface area contributed by atoms with Gasteiger partial charge in [-0.2, -0.15) is 0 Å². The molecule has 0 bridgehead atoms. The molecule has 0 aromatic heterocycles. The Morgan fingerprint density at radius 2 is 2.16 bits per heavy atom. The molecule has 3 atom stereocenters. The molecule has 3 nitrogen and oxygen atoms in total. The zero-order chi connectivity index (χ0) is 14.4. The number of hydrogen-bond acceptors (Lipinski definition) is 3. The van der Waals surface area contributed by atoms with Gasteiger partial charge >= 0.3 is 0 Å². The van der Waals surface area contributed by atoms with Crippen LogP contribution < -0.4 is 5.32 Å². The molecular weight excluding hydrogens is 326 g/mol. The minimum absolute atomic E-state index is 0.109. The van der Waals surface area contributed by atoms with Crippen LogP contribution in [0.1, 0.15) is 38.3 Å². The number of phenols is 1. The van der Waals surface area contributed by atoms with Crippen LogP contribution in [0.2, 0.25) is 0 Å². The van der Waals surface area contributed by atoms with Crippen LogP contribution in [0.4, 0.5) is 0 Å². The van der Waals surface area contributed by atoms with Crippen molar-refractivity contribution >= 4 is 26.7 Å². The van der Waals surface area contributed by atoms with Gasteiger partial charge in [0.15, 0.2) is 0 Å². The summed E-state index contributed by atoms with van der Waals surface area (Å²) in [7, 11) is -0.752. The van der Waals surface area contributed by atoms with Crippen molar-refractivity contribution in [3.05, 3.63) is 28.2 Å². The highest BCUT2D eigenvalue weighted by Gasteiger charge is 2.16. The number of halogens is 1. The van der Waals surface area contributed by atoms with Crippen LogP contribution >= 0.6 is 15.9 Å². The lowest BCUT2D eigenvalue weighted by Gasteiger charge is -2.23. The first-order valence-electron chi connectivity index (χ1n) is 6.48. The second-order valence-electron chi connectivity index (χ2n) is 4.80. The summed E-state index contributed by atoms with van der Waals surface area (Å²) in [6.07, 6.45) is 3.49. The van der Waals surface area contributed by atoms with Crippen molar-refractivity contribution in [2.24, 2.45) is 0 Å². The van der Waals surface area contributed by atoms with Crippen molar-refractivity contribution in [2.75, 3.05) is 12.0 Å². The first-order chi connectivity index (χ1) is 8.93.